The third kappa shape index (κ3) is 4.08. The van der Waals surface area contributed by atoms with Gasteiger partial charge in [0.05, 0.1) is 28.6 Å². The predicted molar refractivity (Wildman–Crippen MR) is 102 cm³/mol. The molecule has 0 saturated carbocycles. The first-order valence-electron chi connectivity index (χ1n) is 8.19. The number of benzene rings is 1. The summed E-state index contributed by atoms with van der Waals surface area (Å²) in [6.07, 6.45) is 0.211. The number of nitrogens with zero attached hydrogens (tertiary/aromatic N) is 1. The van der Waals surface area contributed by atoms with Gasteiger partial charge in [0.1, 0.15) is 0 Å². The van der Waals surface area contributed by atoms with E-state index in [0.717, 1.165) is 4.88 Å². The Morgan fingerprint density at radius 2 is 1.89 bits per heavy atom. The minimum Gasteiger partial charge on any atom is -0.465 e. The minimum atomic E-state index is -3.86. The summed E-state index contributed by atoms with van der Waals surface area (Å²) in [4.78, 5) is 12.2. The molecule has 0 radical (unpaired) electrons. The molecule has 2 aromatic rings. The van der Waals surface area contributed by atoms with Gasteiger partial charge >= 0.3 is 5.97 Å². The average molecular weight is 430 g/mol. The molecule has 2 heterocycles. The maximum atomic E-state index is 12.9. The van der Waals surface area contributed by atoms with Gasteiger partial charge in [-0.05, 0) is 42.1 Å². The predicted octanol–water partition coefficient (Wildman–Crippen LogP) is 2.09. The highest BCUT2D eigenvalue weighted by atomic mass is 32.2. The molecule has 146 valence electrons. The normalized spacial score (nSPS) is 20.7. The Kier molecular flexibility index (Phi) is 5.71. The molecule has 1 aromatic carbocycles. The number of ether oxygens (including phenoxy) is 1. The number of carbonyl (C=O) groups excluding carboxylic acids is 1. The Bertz CT molecular complexity index is 1010. The molecule has 10 heteroatoms. The van der Waals surface area contributed by atoms with Crippen LogP contribution in [-0.2, 0) is 24.6 Å². The number of esters is 1. The van der Waals surface area contributed by atoms with Crippen molar-refractivity contribution in [3.05, 3.63) is 52.2 Å². The first-order chi connectivity index (χ1) is 12.8. The summed E-state index contributed by atoms with van der Waals surface area (Å²) >= 11 is 1.36. The van der Waals surface area contributed by atoms with E-state index in [1.165, 1.54) is 47.0 Å². The van der Waals surface area contributed by atoms with Crippen LogP contribution in [0.2, 0.25) is 0 Å². The minimum absolute atomic E-state index is 0.0159. The van der Waals surface area contributed by atoms with Crippen LogP contribution >= 0.6 is 11.3 Å². The Morgan fingerprint density at radius 1 is 1.19 bits per heavy atom. The van der Waals surface area contributed by atoms with E-state index in [0.29, 0.717) is 0 Å². The van der Waals surface area contributed by atoms with Crippen LogP contribution in [0.5, 0.6) is 0 Å². The number of rotatable bonds is 4. The maximum absolute atomic E-state index is 12.9. The molecule has 0 spiro atoms. The van der Waals surface area contributed by atoms with E-state index >= 15 is 0 Å². The highest BCUT2D eigenvalue weighted by Gasteiger charge is 2.36. The lowest BCUT2D eigenvalue weighted by Crippen LogP contribution is -2.33. The molecule has 27 heavy (non-hydrogen) atoms. The zero-order chi connectivity index (χ0) is 19.7. The van der Waals surface area contributed by atoms with E-state index in [9.17, 15) is 21.6 Å². The van der Waals surface area contributed by atoms with Gasteiger partial charge in [0, 0.05) is 18.0 Å². The Hall–Kier alpha value is -1.75. The molecule has 1 saturated heterocycles. The molecule has 1 aromatic heterocycles. The van der Waals surface area contributed by atoms with Crippen LogP contribution < -0.4 is 0 Å². The molecular formula is C17H19NO6S3. The Labute approximate surface area is 162 Å². The summed E-state index contributed by atoms with van der Waals surface area (Å²) in [6.45, 7) is 0.0220. The molecule has 0 aliphatic carbocycles. The zero-order valence-corrected chi connectivity index (χ0v) is 17.0. The van der Waals surface area contributed by atoms with Crippen LogP contribution in [0.15, 0.2) is 46.7 Å². The summed E-state index contributed by atoms with van der Waals surface area (Å²) in [5.74, 6) is -0.784. The summed E-state index contributed by atoms with van der Waals surface area (Å²) in [5.41, 5.74) is 0.243. The van der Waals surface area contributed by atoms with Crippen LogP contribution in [0.1, 0.15) is 26.9 Å². The Balaban J connectivity index is 1.84. The molecule has 3 rings (SSSR count). The van der Waals surface area contributed by atoms with E-state index in [1.807, 2.05) is 5.38 Å². The first-order valence-corrected chi connectivity index (χ1v) is 12.2. The zero-order valence-electron chi connectivity index (χ0n) is 14.6. The van der Waals surface area contributed by atoms with E-state index < -0.39 is 31.1 Å². The van der Waals surface area contributed by atoms with Gasteiger partial charge in [-0.25, -0.2) is 21.6 Å². The molecular weight excluding hydrogens is 410 g/mol. The summed E-state index contributed by atoms with van der Waals surface area (Å²) in [6, 6.07) is 8.97. The lowest BCUT2D eigenvalue weighted by Gasteiger charge is -2.19. The third-order valence-electron chi connectivity index (χ3n) is 4.47. The van der Waals surface area contributed by atoms with Crippen molar-refractivity contribution in [1.82, 2.24) is 4.31 Å². The van der Waals surface area contributed by atoms with Crippen LogP contribution in [0.25, 0.3) is 0 Å². The number of hydrogen-bond donors (Lipinski definition) is 0. The van der Waals surface area contributed by atoms with Gasteiger partial charge in [-0.3, -0.25) is 0 Å². The second-order valence-corrected chi connectivity index (χ2v) is 11.3. The third-order valence-corrected chi connectivity index (χ3v) is 9.63. The fourth-order valence-electron chi connectivity index (χ4n) is 2.99. The number of carbonyl (C=O) groups is 1. The second-order valence-electron chi connectivity index (χ2n) is 6.08. The molecule has 1 unspecified atom stereocenters. The molecule has 0 bridgehead atoms. The van der Waals surface area contributed by atoms with Gasteiger partial charge in [-0.1, -0.05) is 6.07 Å². The van der Waals surface area contributed by atoms with Gasteiger partial charge in [0.25, 0.3) is 0 Å². The van der Waals surface area contributed by atoms with Crippen LogP contribution in [0.4, 0.5) is 0 Å². The number of thiophene rings is 1. The van der Waals surface area contributed by atoms with Gasteiger partial charge in [0.2, 0.25) is 10.0 Å². The van der Waals surface area contributed by atoms with Crippen LogP contribution in [0.3, 0.4) is 0 Å². The highest BCUT2D eigenvalue weighted by molar-refractivity contribution is 7.92. The summed E-state index contributed by atoms with van der Waals surface area (Å²) in [7, 11) is -6.05. The molecule has 1 fully saturated rings. The number of methoxy groups -OCH3 is 1. The van der Waals surface area contributed by atoms with Crippen LogP contribution in [-0.4, -0.2) is 53.1 Å². The van der Waals surface area contributed by atoms with Crippen LogP contribution in [0, 0.1) is 0 Å². The van der Waals surface area contributed by atoms with Crippen molar-refractivity contribution in [2.45, 2.75) is 16.6 Å². The van der Waals surface area contributed by atoms with Crippen molar-refractivity contribution in [3.63, 3.8) is 0 Å². The van der Waals surface area contributed by atoms with Crippen molar-refractivity contribution in [3.8, 4) is 0 Å². The van der Waals surface area contributed by atoms with Gasteiger partial charge in [-0.2, -0.15) is 4.31 Å². The quantitative estimate of drug-likeness (QED) is 0.690. The van der Waals surface area contributed by atoms with E-state index in [4.69, 9.17) is 0 Å². The molecule has 1 aliphatic rings. The number of hydrogen-bond acceptors (Lipinski definition) is 7. The largest absolute Gasteiger partial charge is 0.465 e. The van der Waals surface area contributed by atoms with Crippen molar-refractivity contribution in [2.24, 2.45) is 0 Å². The maximum Gasteiger partial charge on any atom is 0.337 e. The number of sulfonamides is 1. The highest BCUT2D eigenvalue weighted by Crippen LogP contribution is 2.33. The standard InChI is InChI=1S/C17H19NO6S3/c1-24-17(19)13-4-6-14(7-5-13)27(22,23)18-9-8-16(15-3-2-11-25-15)26(20,21)12-10-18/h2-7,11,16H,8-10,12H2,1H3. The average Bonchev–Trinajstić information content (AvgIpc) is 3.12. The summed E-state index contributed by atoms with van der Waals surface area (Å²) in [5, 5.41) is 1.13. The molecule has 0 N–H and O–H groups in total. The van der Waals surface area contributed by atoms with E-state index in [1.54, 1.807) is 12.1 Å². The lowest BCUT2D eigenvalue weighted by molar-refractivity contribution is 0.0600. The van der Waals surface area contributed by atoms with Gasteiger partial charge < -0.3 is 4.74 Å². The SMILES string of the molecule is COC(=O)c1ccc(S(=O)(=O)N2CCC(c3cccs3)S(=O)(=O)CC2)cc1. The molecule has 1 aliphatic heterocycles. The lowest BCUT2D eigenvalue weighted by atomic mass is 10.2. The fraction of sp³-hybridized carbons (Fsp3) is 0.353. The van der Waals surface area contributed by atoms with Crippen molar-refractivity contribution in [2.75, 3.05) is 26.0 Å². The topological polar surface area (TPSA) is 97.8 Å². The smallest absolute Gasteiger partial charge is 0.337 e. The monoisotopic (exact) mass is 429 g/mol. The van der Waals surface area contributed by atoms with E-state index in [-0.39, 0.29) is 35.7 Å². The molecule has 1 atom stereocenters. The first kappa shape index (κ1) is 20.0. The fourth-order valence-corrected chi connectivity index (χ4v) is 7.56. The molecule has 0 amide bonds. The van der Waals surface area contributed by atoms with Crippen molar-refractivity contribution in [1.29, 1.82) is 0 Å². The van der Waals surface area contributed by atoms with Crippen molar-refractivity contribution >= 4 is 37.2 Å². The second kappa shape index (κ2) is 7.70. The number of sulfone groups is 1. The van der Waals surface area contributed by atoms with E-state index in [2.05, 4.69) is 4.74 Å². The van der Waals surface area contributed by atoms with Gasteiger partial charge in [-0.15, -0.1) is 11.3 Å². The van der Waals surface area contributed by atoms with Gasteiger partial charge in [0.15, 0.2) is 9.84 Å². The Morgan fingerprint density at radius 3 is 2.48 bits per heavy atom. The molecule has 7 nitrogen and oxygen atoms in total. The summed E-state index contributed by atoms with van der Waals surface area (Å²) < 4.78 is 56.8. The van der Waals surface area contributed by atoms with Crippen molar-refractivity contribution < 1.29 is 26.4 Å².